The number of amides is 4. The number of benzene rings is 1. The van der Waals surface area contributed by atoms with Gasteiger partial charge in [-0.1, -0.05) is 56.5 Å². The monoisotopic (exact) mass is 495 g/mol. The number of nitrogens with zero attached hydrogens (tertiary/aromatic N) is 3. The quantitative estimate of drug-likeness (QED) is 0.603. The summed E-state index contributed by atoms with van der Waals surface area (Å²) in [5.41, 5.74) is 5.56. The second-order valence-corrected chi connectivity index (χ2v) is 11.7. The van der Waals surface area contributed by atoms with Crippen LogP contribution in [-0.2, 0) is 16.1 Å². The molecule has 2 aliphatic heterocycles. The lowest BCUT2D eigenvalue weighted by atomic mass is 9.75. The number of hydrogen-bond acceptors (Lipinski definition) is 4. The van der Waals surface area contributed by atoms with Gasteiger partial charge in [-0.25, -0.2) is 4.79 Å². The SMILES string of the molecule is Cc1cccc(CN2NC3N(CCC(C)C)C(=O)C4CCC(C(=O)NC5CCCC5)CC4N3C2=O)c1. The lowest BCUT2D eigenvalue weighted by Gasteiger charge is -2.50. The zero-order valence-corrected chi connectivity index (χ0v) is 21.9. The first-order valence-corrected chi connectivity index (χ1v) is 13.8. The van der Waals surface area contributed by atoms with Crippen molar-refractivity contribution < 1.29 is 14.4 Å². The Kier molecular flexibility index (Phi) is 7.24. The van der Waals surface area contributed by atoms with Gasteiger partial charge in [0, 0.05) is 24.5 Å². The number of hydrazine groups is 1. The van der Waals surface area contributed by atoms with E-state index >= 15 is 0 Å². The molecule has 1 aromatic rings. The topological polar surface area (TPSA) is 85.0 Å². The Bertz CT molecular complexity index is 991. The van der Waals surface area contributed by atoms with E-state index in [9.17, 15) is 14.4 Å². The van der Waals surface area contributed by atoms with Crippen LogP contribution in [0, 0.1) is 24.7 Å². The Hall–Kier alpha value is -2.61. The third kappa shape index (κ3) is 4.97. The van der Waals surface area contributed by atoms with Gasteiger partial charge in [0.25, 0.3) is 0 Å². The van der Waals surface area contributed by atoms with Crippen molar-refractivity contribution >= 4 is 17.8 Å². The maximum Gasteiger partial charge on any atom is 0.337 e. The Labute approximate surface area is 214 Å². The molecule has 8 heteroatoms. The molecule has 5 rings (SSSR count). The van der Waals surface area contributed by atoms with Gasteiger partial charge in [0.05, 0.1) is 12.5 Å². The van der Waals surface area contributed by atoms with E-state index in [0.717, 1.165) is 30.4 Å². The summed E-state index contributed by atoms with van der Waals surface area (Å²) in [4.78, 5) is 44.4. The summed E-state index contributed by atoms with van der Waals surface area (Å²) in [6.45, 7) is 7.40. The molecule has 4 amide bonds. The van der Waals surface area contributed by atoms with Crippen LogP contribution in [0.5, 0.6) is 0 Å². The molecular weight excluding hydrogens is 454 g/mol. The molecule has 196 valence electrons. The third-order valence-electron chi connectivity index (χ3n) is 8.50. The van der Waals surface area contributed by atoms with Crippen LogP contribution in [0.1, 0.15) is 76.3 Å². The zero-order chi connectivity index (χ0) is 25.4. The van der Waals surface area contributed by atoms with Crippen molar-refractivity contribution in [2.45, 2.75) is 97.1 Å². The van der Waals surface area contributed by atoms with E-state index in [2.05, 4.69) is 30.7 Å². The predicted octanol–water partition coefficient (Wildman–Crippen LogP) is 3.75. The van der Waals surface area contributed by atoms with E-state index in [1.54, 1.807) is 5.01 Å². The van der Waals surface area contributed by atoms with E-state index in [0.29, 0.717) is 38.3 Å². The standard InChI is InChI=1S/C28H41N5O3/c1-18(2)13-14-31-26(35)23-12-11-21(25(34)29-22-9-4-5-10-22)16-24(23)33-27(31)30-32(28(33)36)17-20-8-6-7-19(3)15-20/h6-8,15,18,21-24,27,30H,4-5,9-14,16-17H2,1-3H3,(H,29,34). The van der Waals surface area contributed by atoms with E-state index in [4.69, 9.17) is 0 Å². The highest BCUT2D eigenvalue weighted by atomic mass is 16.2. The molecule has 4 unspecified atom stereocenters. The normalized spacial score (nSPS) is 28.6. The van der Waals surface area contributed by atoms with Crippen LogP contribution in [0.4, 0.5) is 4.79 Å². The van der Waals surface area contributed by atoms with Gasteiger partial charge in [-0.2, -0.15) is 5.43 Å². The minimum Gasteiger partial charge on any atom is -0.353 e. The molecule has 0 spiro atoms. The number of carbonyl (C=O) groups excluding carboxylic acids is 3. The largest absolute Gasteiger partial charge is 0.353 e. The van der Waals surface area contributed by atoms with Gasteiger partial charge < -0.3 is 10.2 Å². The first-order chi connectivity index (χ1) is 17.3. The lowest BCUT2D eigenvalue weighted by Crippen LogP contribution is -2.67. The Morgan fingerprint density at radius 3 is 2.64 bits per heavy atom. The molecule has 1 aromatic carbocycles. The Morgan fingerprint density at radius 1 is 1.14 bits per heavy atom. The van der Waals surface area contributed by atoms with Gasteiger partial charge in [0.2, 0.25) is 11.8 Å². The fourth-order valence-corrected chi connectivity index (χ4v) is 6.48. The van der Waals surface area contributed by atoms with Crippen molar-refractivity contribution in [3.63, 3.8) is 0 Å². The van der Waals surface area contributed by atoms with Crippen molar-refractivity contribution in [3.8, 4) is 0 Å². The summed E-state index contributed by atoms with van der Waals surface area (Å²) in [6, 6.07) is 8.07. The van der Waals surface area contributed by atoms with Crippen LogP contribution in [-0.4, -0.2) is 57.6 Å². The molecule has 2 aliphatic carbocycles. The van der Waals surface area contributed by atoms with Crippen LogP contribution in [0.25, 0.3) is 0 Å². The molecule has 4 aliphatic rings. The molecule has 2 heterocycles. The van der Waals surface area contributed by atoms with Crippen molar-refractivity contribution in [1.29, 1.82) is 0 Å². The molecule has 2 saturated carbocycles. The van der Waals surface area contributed by atoms with Gasteiger partial charge in [-0.15, -0.1) is 0 Å². The maximum atomic E-state index is 13.8. The second-order valence-electron chi connectivity index (χ2n) is 11.7. The number of nitrogens with one attached hydrogen (secondary N) is 2. The van der Waals surface area contributed by atoms with Gasteiger partial charge in [0.15, 0.2) is 6.29 Å². The molecule has 8 nitrogen and oxygen atoms in total. The van der Waals surface area contributed by atoms with E-state index in [1.165, 1.54) is 12.8 Å². The molecule has 2 N–H and O–H groups in total. The number of hydrogen-bond donors (Lipinski definition) is 2. The minimum atomic E-state index is -0.494. The fraction of sp³-hybridized carbons (Fsp3) is 0.679. The third-order valence-corrected chi connectivity index (χ3v) is 8.50. The number of rotatable bonds is 7. The minimum absolute atomic E-state index is 0.0998. The molecule has 4 fully saturated rings. The highest BCUT2D eigenvalue weighted by Crippen LogP contribution is 2.41. The van der Waals surface area contributed by atoms with Crippen molar-refractivity contribution in [2.75, 3.05) is 6.54 Å². The fourth-order valence-electron chi connectivity index (χ4n) is 6.48. The van der Waals surface area contributed by atoms with Crippen LogP contribution in [0.2, 0.25) is 0 Å². The van der Waals surface area contributed by atoms with Crippen LogP contribution >= 0.6 is 0 Å². The molecule has 0 aromatic heterocycles. The molecule has 0 radical (unpaired) electrons. The summed E-state index contributed by atoms with van der Waals surface area (Å²) in [7, 11) is 0. The van der Waals surface area contributed by atoms with Gasteiger partial charge in [-0.3, -0.25) is 19.5 Å². The number of aryl methyl sites for hydroxylation is 1. The van der Waals surface area contributed by atoms with Crippen molar-refractivity contribution in [3.05, 3.63) is 35.4 Å². The van der Waals surface area contributed by atoms with Crippen molar-refractivity contribution in [1.82, 2.24) is 25.6 Å². The molecule has 36 heavy (non-hydrogen) atoms. The number of urea groups is 1. The first kappa shape index (κ1) is 25.1. The van der Waals surface area contributed by atoms with E-state index < -0.39 is 6.29 Å². The van der Waals surface area contributed by atoms with Gasteiger partial charge in [-0.05, 0) is 56.9 Å². The summed E-state index contributed by atoms with van der Waals surface area (Å²) in [5.74, 6) is 0.284. The van der Waals surface area contributed by atoms with E-state index in [-0.39, 0.29) is 41.8 Å². The van der Waals surface area contributed by atoms with Crippen LogP contribution in [0.3, 0.4) is 0 Å². The van der Waals surface area contributed by atoms with Gasteiger partial charge >= 0.3 is 6.03 Å². The first-order valence-electron chi connectivity index (χ1n) is 13.8. The lowest BCUT2D eigenvalue weighted by molar-refractivity contribution is -0.159. The van der Waals surface area contributed by atoms with Crippen LogP contribution in [0.15, 0.2) is 24.3 Å². The van der Waals surface area contributed by atoms with Gasteiger partial charge in [0.1, 0.15) is 0 Å². The average molecular weight is 496 g/mol. The molecular formula is C28H41N5O3. The highest BCUT2D eigenvalue weighted by molar-refractivity contribution is 5.87. The van der Waals surface area contributed by atoms with E-state index in [1.807, 2.05) is 34.9 Å². The maximum absolute atomic E-state index is 13.8. The average Bonchev–Trinajstić information content (AvgIpc) is 3.46. The number of fused-ring (bicyclic) bond motifs is 3. The summed E-state index contributed by atoms with van der Waals surface area (Å²) < 4.78 is 0. The smallest absolute Gasteiger partial charge is 0.337 e. The number of carbonyl (C=O) groups is 3. The molecule has 0 bridgehead atoms. The Balaban J connectivity index is 1.37. The highest BCUT2D eigenvalue weighted by Gasteiger charge is 2.55. The predicted molar refractivity (Wildman–Crippen MR) is 137 cm³/mol. The Morgan fingerprint density at radius 2 is 1.92 bits per heavy atom. The second kappa shape index (κ2) is 10.4. The zero-order valence-electron chi connectivity index (χ0n) is 21.9. The summed E-state index contributed by atoms with van der Waals surface area (Å²) in [6.07, 6.45) is 6.75. The molecule has 4 atom stereocenters. The van der Waals surface area contributed by atoms with Crippen LogP contribution < -0.4 is 10.7 Å². The molecule has 2 saturated heterocycles. The summed E-state index contributed by atoms with van der Waals surface area (Å²) in [5, 5.41) is 4.90. The van der Waals surface area contributed by atoms with Crippen molar-refractivity contribution in [2.24, 2.45) is 17.8 Å². The summed E-state index contributed by atoms with van der Waals surface area (Å²) >= 11 is 0.